The van der Waals surface area contributed by atoms with Crippen LogP contribution in [-0.2, 0) is 0 Å². The lowest BCUT2D eigenvalue weighted by Gasteiger charge is -2.02. The zero-order valence-electron chi connectivity index (χ0n) is 11.1. The molecule has 5 heteroatoms. The van der Waals surface area contributed by atoms with Crippen molar-refractivity contribution in [3.8, 4) is 0 Å². The van der Waals surface area contributed by atoms with Crippen LogP contribution in [0, 0.1) is 0 Å². The van der Waals surface area contributed by atoms with Crippen molar-refractivity contribution in [2.45, 2.75) is 64.3 Å². The highest BCUT2D eigenvalue weighted by Gasteiger charge is 2.00. The Bertz CT molecular complexity index is 148. The second-order valence-electron chi connectivity index (χ2n) is 4.39. The maximum absolute atomic E-state index is 8.80. The average Bonchev–Trinajstić information content (AvgIpc) is 2.30. The van der Waals surface area contributed by atoms with Crippen molar-refractivity contribution in [2.75, 3.05) is 11.5 Å². The van der Waals surface area contributed by atoms with E-state index in [2.05, 4.69) is 6.92 Å². The van der Waals surface area contributed by atoms with Gasteiger partial charge < -0.3 is 9.59 Å². The fourth-order valence-electron chi connectivity index (χ4n) is 1.55. The average molecular weight is 297 g/mol. The molecule has 104 valence electrons. The zero-order chi connectivity index (χ0) is 12.8. The molecule has 0 saturated heterocycles. The standard InChI is InChI=1S/C12H28O2S2Si/c1-2-3-4-5-6-7-10-15-16-11-8-9-12-17(13)14/h13-14,17H,2-12H2,1H3. The molecule has 0 aliphatic rings. The smallest absolute Gasteiger partial charge is 0.315 e. The molecule has 0 rings (SSSR count). The lowest BCUT2D eigenvalue weighted by molar-refractivity contribution is 0.403. The molecular weight excluding hydrogens is 268 g/mol. The summed E-state index contributed by atoms with van der Waals surface area (Å²) in [4.78, 5) is 17.6. The Hall–Kier alpha value is 0.837. The number of rotatable bonds is 13. The monoisotopic (exact) mass is 296 g/mol. The Balaban J connectivity index is 2.89. The molecule has 0 unspecified atom stereocenters. The quantitative estimate of drug-likeness (QED) is 0.309. The second kappa shape index (κ2) is 14.9. The summed E-state index contributed by atoms with van der Waals surface area (Å²) in [6.07, 6.45) is 10.4. The first-order valence-electron chi connectivity index (χ1n) is 6.88. The number of unbranched alkanes of at least 4 members (excludes halogenated alkanes) is 6. The van der Waals surface area contributed by atoms with Crippen LogP contribution in [0.25, 0.3) is 0 Å². The third-order valence-electron chi connectivity index (χ3n) is 2.60. The minimum atomic E-state index is -2.27. The fourth-order valence-corrected chi connectivity index (χ4v) is 4.49. The normalized spacial score (nSPS) is 11.3. The lowest BCUT2D eigenvalue weighted by Crippen LogP contribution is -2.09. The van der Waals surface area contributed by atoms with E-state index < -0.39 is 9.28 Å². The van der Waals surface area contributed by atoms with Gasteiger partial charge in [-0.15, -0.1) is 0 Å². The van der Waals surface area contributed by atoms with E-state index in [1.165, 1.54) is 44.3 Å². The van der Waals surface area contributed by atoms with Gasteiger partial charge in [0, 0.05) is 11.5 Å². The van der Waals surface area contributed by atoms with Crippen molar-refractivity contribution in [3.63, 3.8) is 0 Å². The number of hydrogen-bond acceptors (Lipinski definition) is 4. The van der Waals surface area contributed by atoms with E-state index >= 15 is 0 Å². The van der Waals surface area contributed by atoms with Crippen LogP contribution in [0.3, 0.4) is 0 Å². The molecule has 0 aliphatic heterocycles. The molecule has 0 aromatic heterocycles. The van der Waals surface area contributed by atoms with Crippen molar-refractivity contribution < 1.29 is 9.59 Å². The molecule has 0 heterocycles. The van der Waals surface area contributed by atoms with Gasteiger partial charge in [0.15, 0.2) is 0 Å². The van der Waals surface area contributed by atoms with Gasteiger partial charge >= 0.3 is 9.28 Å². The molecule has 0 atom stereocenters. The highest BCUT2D eigenvalue weighted by Crippen LogP contribution is 2.24. The highest BCUT2D eigenvalue weighted by molar-refractivity contribution is 8.76. The summed E-state index contributed by atoms with van der Waals surface area (Å²) < 4.78 is 0. The highest BCUT2D eigenvalue weighted by atomic mass is 33.1. The zero-order valence-corrected chi connectivity index (χ0v) is 13.9. The first kappa shape index (κ1) is 17.8. The summed E-state index contributed by atoms with van der Waals surface area (Å²) >= 11 is 0. The first-order valence-corrected chi connectivity index (χ1v) is 11.2. The Morgan fingerprint density at radius 1 is 0.765 bits per heavy atom. The van der Waals surface area contributed by atoms with Crippen molar-refractivity contribution in [1.29, 1.82) is 0 Å². The molecular formula is C12H28O2S2Si. The van der Waals surface area contributed by atoms with Gasteiger partial charge in [0.25, 0.3) is 0 Å². The minimum Gasteiger partial charge on any atom is -0.413 e. The predicted octanol–water partition coefficient (Wildman–Crippen LogP) is 3.71. The second-order valence-corrected chi connectivity index (χ2v) is 8.63. The van der Waals surface area contributed by atoms with E-state index in [1.807, 2.05) is 21.6 Å². The van der Waals surface area contributed by atoms with Crippen LogP contribution in [0.5, 0.6) is 0 Å². The van der Waals surface area contributed by atoms with Gasteiger partial charge in [0.1, 0.15) is 0 Å². The first-order chi connectivity index (χ1) is 8.27. The Kier molecular flexibility index (Phi) is 15.6. The molecule has 0 saturated carbocycles. The molecule has 0 radical (unpaired) electrons. The molecule has 0 spiro atoms. The summed E-state index contributed by atoms with van der Waals surface area (Å²) in [6.45, 7) is 2.25. The third-order valence-corrected chi connectivity index (χ3v) is 6.11. The molecule has 17 heavy (non-hydrogen) atoms. The molecule has 0 amide bonds. The van der Waals surface area contributed by atoms with E-state index in [0.29, 0.717) is 6.04 Å². The van der Waals surface area contributed by atoms with Gasteiger partial charge in [-0.3, -0.25) is 0 Å². The van der Waals surface area contributed by atoms with Crippen LogP contribution in [0.15, 0.2) is 0 Å². The van der Waals surface area contributed by atoms with Crippen molar-refractivity contribution in [1.82, 2.24) is 0 Å². The van der Waals surface area contributed by atoms with Crippen LogP contribution in [0.2, 0.25) is 6.04 Å². The van der Waals surface area contributed by atoms with Crippen LogP contribution in [-0.4, -0.2) is 30.4 Å². The summed E-state index contributed by atoms with van der Waals surface area (Å²) in [5.41, 5.74) is 0. The molecule has 0 aliphatic carbocycles. The third kappa shape index (κ3) is 16.8. The van der Waals surface area contributed by atoms with E-state index in [-0.39, 0.29) is 0 Å². The SMILES string of the molecule is CCCCCCCCSSCCCC[SiH](O)O. The maximum Gasteiger partial charge on any atom is 0.315 e. The van der Waals surface area contributed by atoms with Gasteiger partial charge in [-0.1, -0.05) is 67.0 Å². The van der Waals surface area contributed by atoms with Gasteiger partial charge in [0.05, 0.1) is 0 Å². The van der Waals surface area contributed by atoms with Gasteiger partial charge in [-0.2, -0.15) is 0 Å². The van der Waals surface area contributed by atoms with Crippen LogP contribution < -0.4 is 0 Å². The van der Waals surface area contributed by atoms with E-state index in [4.69, 9.17) is 9.59 Å². The Morgan fingerprint density at radius 2 is 1.29 bits per heavy atom. The lowest BCUT2D eigenvalue weighted by atomic mass is 10.1. The van der Waals surface area contributed by atoms with Gasteiger partial charge in [-0.25, -0.2) is 0 Å². The fraction of sp³-hybridized carbons (Fsp3) is 1.00. The Morgan fingerprint density at radius 3 is 1.88 bits per heavy atom. The van der Waals surface area contributed by atoms with Crippen molar-refractivity contribution >= 4 is 30.9 Å². The topological polar surface area (TPSA) is 40.5 Å². The van der Waals surface area contributed by atoms with Crippen LogP contribution in [0.1, 0.15) is 58.3 Å². The summed E-state index contributed by atoms with van der Waals surface area (Å²) in [7, 11) is 1.65. The van der Waals surface area contributed by atoms with E-state index in [0.717, 1.165) is 18.6 Å². The van der Waals surface area contributed by atoms with Gasteiger partial charge in [-0.05, 0) is 18.9 Å². The largest absolute Gasteiger partial charge is 0.413 e. The molecule has 2 N–H and O–H groups in total. The molecule has 0 aromatic carbocycles. The molecule has 0 bridgehead atoms. The summed E-state index contributed by atoms with van der Waals surface area (Å²) in [5, 5.41) is 0. The molecule has 0 aromatic rings. The molecule has 2 nitrogen and oxygen atoms in total. The number of hydrogen-bond donors (Lipinski definition) is 2. The van der Waals surface area contributed by atoms with E-state index in [9.17, 15) is 0 Å². The van der Waals surface area contributed by atoms with Crippen molar-refractivity contribution in [2.24, 2.45) is 0 Å². The Labute approximate surface area is 116 Å². The van der Waals surface area contributed by atoms with E-state index in [1.54, 1.807) is 0 Å². The summed E-state index contributed by atoms with van der Waals surface area (Å²) in [5.74, 6) is 2.43. The van der Waals surface area contributed by atoms with Crippen LogP contribution in [0.4, 0.5) is 0 Å². The molecule has 0 fully saturated rings. The van der Waals surface area contributed by atoms with Gasteiger partial charge in [0.2, 0.25) is 0 Å². The van der Waals surface area contributed by atoms with Crippen molar-refractivity contribution in [3.05, 3.63) is 0 Å². The minimum absolute atomic E-state index is 0.655. The summed E-state index contributed by atoms with van der Waals surface area (Å²) in [6, 6.07) is 0.655. The van der Waals surface area contributed by atoms with Crippen LogP contribution >= 0.6 is 21.6 Å². The predicted molar refractivity (Wildman–Crippen MR) is 83.9 cm³/mol. The maximum atomic E-state index is 8.80.